The average Bonchev–Trinajstić information content (AvgIpc) is 2.69. The van der Waals surface area contributed by atoms with Gasteiger partial charge in [-0.2, -0.15) is 13.2 Å². The lowest BCUT2D eigenvalue weighted by molar-refractivity contribution is -0.151. The van der Waals surface area contributed by atoms with E-state index in [1.54, 1.807) is 19.1 Å². The Kier molecular flexibility index (Phi) is 6.55. The highest BCUT2D eigenvalue weighted by Gasteiger charge is 2.42. The number of hydrogen-bond donors (Lipinski definition) is 0. The average molecular weight is 424 g/mol. The van der Waals surface area contributed by atoms with Gasteiger partial charge in [0.1, 0.15) is 18.1 Å². The molecule has 5 nitrogen and oxygen atoms in total. The van der Waals surface area contributed by atoms with Crippen LogP contribution >= 0.6 is 0 Å². The van der Waals surface area contributed by atoms with E-state index < -0.39 is 17.2 Å². The van der Waals surface area contributed by atoms with Gasteiger partial charge in [0.25, 0.3) is 0 Å². The molecule has 0 atom stereocenters. The summed E-state index contributed by atoms with van der Waals surface area (Å²) < 4.78 is 60.2. The number of benzene rings is 2. The zero-order valence-corrected chi connectivity index (χ0v) is 16.8. The first-order valence-corrected chi connectivity index (χ1v) is 9.48. The van der Waals surface area contributed by atoms with Crippen molar-refractivity contribution in [3.8, 4) is 11.5 Å². The van der Waals surface area contributed by atoms with Crippen LogP contribution in [0.1, 0.15) is 30.0 Å². The molecule has 0 bridgehead atoms. The highest BCUT2D eigenvalue weighted by molar-refractivity contribution is 5.72. The molecule has 1 saturated heterocycles. The van der Waals surface area contributed by atoms with Gasteiger partial charge in [-0.05, 0) is 42.3 Å². The van der Waals surface area contributed by atoms with E-state index in [1.165, 1.54) is 19.2 Å². The molecule has 1 fully saturated rings. The maximum Gasteiger partial charge on any atom is 0.419 e. The van der Waals surface area contributed by atoms with Gasteiger partial charge in [-0.25, -0.2) is 0 Å². The van der Waals surface area contributed by atoms with Crippen LogP contribution in [0, 0.1) is 0 Å². The van der Waals surface area contributed by atoms with Crippen molar-refractivity contribution in [2.45, 2.75) is 31.5 Å². The van der Waals surface area contributed by atoms with E-state index in [9.17, 15) is 18.0 Å². The zero-order chi connectivity index (χ0) is 21.8. The number of rotatable bonds is 8. The Balaban J connectivity index is 1.67. The fraction of sp³-hybridized carbons (Fsp3) is 0.409. The molecule has 1 heterocycles. The summed E-state index contributed by atoms with van der Waals surface area (Å²) in [5.74, 6) is 0.000900. The van der Waals surface area contributed by atoms with Crippen LogP contribution < -0.4 is 9.47 Å². The third kappa shape index (κ3) is 4.87. The van der Waals surface area contributed by atoms with Gasteiger partial charge in [0.15, 0.2) is 0 Å². The van der Waals surface area contributed by atoms with Crippen molar-refractivity contribution in [2.24, 2.45) is 0 Å². The Morgan fingerprint density at radius 2 is 1.83 bits per heavy atom. The van der Waals surface area contributed by atoms with E-state index in [2.05, 4.69) is 0 Å². The highest BCUT2D eigenvalue weighted by Crippen LogP contribution is 2.38. The molecule has 1 aliphatic heterocycles. The Labute approximate surface area is 172 Å². The summed E-state index contributed by atoms with van der Waals surface area (Å²) in [5.41, 5.74) is 0.0474. The third-order valence-corrected chi connectivity index (χ3v) is 4.99. The van der Waals surface area contributed by atoms with E-state index in [0.717, 1.165) is 11.6 Å². The predicted molar refractivity (Wildman–Crippen MR) is 103 cm³/mol. The second-order valence-electron chi connectivity index (χ2n) is 7.10. The largest absolute Gasteiger partial charge is 0.496 e. The van der Waals surface area contributed by atoms with Crippen LogP contribution in [0.5, 0.6) is 11.5 Å². The van der Waals surface area contributed by atoms with Crippen LogP contribution in [-0.4, -0.2) is 32.9 Å². The van der Waals surface area contributed by atoms with Gasteiger partial charge in [-0.3, -0.25) is 4.79 Å². The number of carbonyl (C=O) groups excluding carboxylic acids is 1. The molecule has 0 N–H and O–H groups in total. The number of esters is 1. The summed E-state index contributed by atoms with van der Waals surface area (Å²) >= 11 is 0. The first-order valence-electron chi connectivity index (χ1n) is 9.48. The lowest BCUT2D eigenvalue weighted by atomic mass is 9.76. The van der Waals surface area contributed by atoms with Gasteiger partial charge in [0, 0.05) is 0 Å². The van der Waals surface area contributed by atoms with E-state index in [0.29, 0.717) is 31.1 Å². The number of methoxy groups -OCH3 is 1. The summed E-state index contributed by atoms with van der Waals surface area (Å²) in [5, 5.41) is 0. The van der Waals surface area contributed by atoms with Crippen molar-refractivity contribution in [1.29, 1.82) is 0 Å². The molecule has 0 radical (unpaired) electrons. The van der Waals surface area contributed by atoms with Gasteiger partial charge >= 0.3 is 12.1 Å². The van der Waals surface area contributed by atoms with Gasteiger partial charge in [-0.1, -0.05) is 18.2 Å². The van der Waals surface area contributed by atoms with Crippen molar-refractivity contribution in [1.82, 2.24) is 0 Å². The summed E-state index contributed by atoms with van der Waals surface area (Å²) in [7, 11) is 1.20. The monoisotopic (exact) mass is 424 g/mol. The van der Waals surface area contributed by atoms with Gasteiger partial charge in [0.05, 0.1) is 44.3 Å². The fourth-order valence-electron chi connectivity index (χ4n) is 3.35. The number of hydrogen-bond acceptors (Lipinski definition) is 5. The molecular weight excluding hydrogens is 401 g/mol. The van der Waals surface area contributed by atoms with Crippen molar-refractivity contribution >= 4 is 5.97 Å². The molecule has 8 heteroatoms. The number of ether oxygens (including phenoxy) is 4. The minimum absolute atomic E-state index is 0.0243. The molecule has 0 spiro atoms. The quantitative estimate of drug-likeness (QED) is 0.584. The van der Waals surface area contributed by atoms with Crippen LogP contribution in [-0.2, 0) is 32.5 Å². The molecule has 0 aliphatic carbocycles. The van der Waals surface area contributed by atoms with Crippen LogP contribution in [0.3, 0.4) is 0 Å². The molecule has 0 amide bonds. The van der Waals surface area contributed by atoms with Gasteiger partial charge in [-0.15, -0.1) is 0 Å². The van der Waals surface area contributed by atoms with Crippen LogP contribution in [0.2, 0.25) is 0 Å². The Bertz CT molecular complexity index is 873. The standard InChI is InChI=1S/C22H23F3O5/c1-3-29-20(26)11-21(13-28-14-21)16-5-7-17(8-6-16)30-12-15-4-9-19(27-2)18(10-15)22(23,24)25/h4-10H,3,11-14H2,1-2H3. The Morgan fingerprint density at radius 1 is 1.13 bits per heavy atom. The number of alkyl halides is 3. The Hall–Kier alpha value is -2.74. The fourth-order valence-corrected chi connectivity index (χ4v) is 3.35. The molecule has 30 heavy (non-hydrogen) atoms. The number of halogens is 3. The second-order valence-corrected chi connectivity index (χ2v) is 7.10. The maximum absolute atomic E-state index is 13.1. The van der Waals surface area contributed by atoms with Crippen molar-refractivity contribution in [2.75, 3.05) is 26.9 Å². The van der Waals surface area contributed by atoms with Gasteiger partial charge < -0.3 is 18.9 Å². The molecule has 162 valence electrons. The lowest BCUT2D eigenvalue weighted by Crippen LogP contribution is -2.48. The summed E-state index contributed by atoms with van der Waals surface area (Å²) in [4.78, 5) is 11.9. The van der Waals surface area contributed by atoms with Crippen molar-refractivity contribution in [3.05, 3.63) is 59.2 Å². The van der Waals surface area contributed by atoms with E-state index >= 15 is 0 Å². The smallest absolute Gasteiger partial charge is 0.419 e. The maximum atomic E-state index is 13.1. The summed E-state index contributed by atoms with van der Waals surface area (Å²) in [6.07, 6.45) is -4.28. The van der Waals surface area contributed by atoms with E-state index in [-0.39, 0.29) is 24.7 Å². The minimum atomic E-state index is -4.51. The molecule has 0 aromatic heterocycles. The number of carbonyl (C=O) groups is 1. The molecule has 1 aliphatic rings. The molecule has 2 aromatic rings. The molecule has 2 aromatic carbocycles. The Morgan fingerprint density at radius 3 is 2.37 bits per heavy atom. The summed E-state index contributed by atoms with van der Waals surface area (Å²) in [6.45, 7) is 2.91. The van der Waals surface area contributed by atoms with Crippen LogP contribution in [0.25, 0.3) is 0 Å². The van der Waals surface area contributed by atoms with Crippen LogP contribution in [0.4, 0.5) is 13.2 Å². The second kappa shape index (κ2) is 8.95. The van der Waals surface area contributed by atoms with Crippen molar-refractivity contribution < 1.29 is 36.9 Å². The van der Waals surface area contributed by atoms with Crippen molar-refractivity contribution in [3.63, 3.8) is 0 Å². The normalized spacial score (nSPS) is 15.2. The molecule has 0 unspecified atom stereocenters. The molecular formula is C22H23F3O5. The lowest BCUT2D eigenvalue weighted by Gasteiger charge is -2.41. The first-order chi connectivity index (χ1) is 14.3. The highest BCUT2D eigenvalue weighted by atomic mass is 19.4. The topological polar surface area (TPSA) is 54.0 Å². The molecule has 3 rings (SSSR count). The minimum Gasteiger partial charge on any atom is -0.496 e. The van der Waals surface area contributed by atoms with Crippen LogP contribution in [0.15, 0.2) is 42.5 Å². The zero-order valence-electron chi connectivity index (χ0n) is 16.8. The summed E-state index contributed by atoms with van der Waals surface area (Å²) in [6, 6.07) is 11.0. The first kappa shape index (κ1) is 22.0. The van der Waals surface area contributed by atoms with E-state index in [1.807, 2.05) is 12.1 Å². The van der Waals surface area contributed by atoms with E-state index in [4.69, 9.17) is 18.9 Å². The third-order valence-electron chi connectivity index (χ3n) is 4.99. The predicted octanol–water partition coefficient (Wildman–Crippen LogP) is 4.51. The SMILES string of the molecule is CCOC(=O)CC1(c2ccc(OCc3ccc(OC)c(C(F)(F)F)c3)cc2)COC1. The molecule has 0 saturated carbocycles. The van der Waals surface area contributed by atoms with Gasteiger partial charge in [0.2, 0.25) is 0 Å².